The van der Waals surface area contributed by atoms with E-state index < -0.39 is 0 Å². The van der Waals surface area contributed by atoms with Crippen LogP contribution in [0.4, 0.5) is 5.13 Å². The van der Waals surface area contributed by atoms with Crippen LogP contribution in [0.3, 0.4) is 0 Å². The molecule has 1 unspecified atom stereocenters. The van der Waals surface area contributed by atoms with Crippen LogP contribution in [-0.2, 0) is 4.79 Å². The lowest BCUT2D eigenvalue weighted by molar-refractivity contribution is -0.117. The number of anilines is 1. The molecule has 126 valence electrons. The summed E-state index contributed by atoms with van der Waals surface area (Å²) in [6, 6.07) is 8.41. The van der Waals surface area contributed by atoms with E-state index in [-0.39, 0.29) is 18.3 Å². The number of para-hydroxylation sites is 1. The zero-order valence-corrected chi connectivity index (χ0v) is 14.9. The zero-order valence-electron chi connectivity index (χ0n) is 13.2. The number of nitrogens with one attached hydrogen (secondary N) is 2. The van der Waals surface area contributed by atoms with Crippen molar-refractivity contribution in [3.63, 3.8) is 0 Å². The Morgan fingerprint density at radius 3 is 3.04 bits per heavy atom. The molecule has 0 saturated carbocycles. The van der Waals surface area contributed by atoms with E-state index in [1.54, 1.807) is 0 Å². The fourth-order valence-corrected chi connectivity index (χ4v) is 3.76. The number of fused-ring (bicyclic) bond motifs is 1. The number of thiazole rings is 1. The van der Waals surface area contributed by atoms with Gasteiger partial charge in [-0.3, -0.25) is 9.69 Å². The van der Waals surface area contributed by atoms with Crippen LogP contribution in [0, 0.1) is 0 Å². The summed E-state index contributed by atoms with van der Waals surface area (Å²) in [5.74, 6) is 0.0127. The molecule has 2 N–H and O–H groups in total. The SMILES string of the molecule is CN(CC(=O)Nc1nc2ccccc2s1)C1CCCNCC1.Cl. The Balaban J connectivity index is 0.00000192. The minimum atomic E-state index is 0. The highest BCUT2D eigenvalue weighted by Crippen LogP contribution is 2.25. The Morgan fingerprint density at radius 2 is 2.22 bits per heavy atom. The first kappa shape index (κ1) is 18.1. The molecule has 5 nitrogen and oxygen atoms in total. The van der Waals surface area contributed by atoms with Crippen LogP contribution in [0.15, 0.2) is 24.3 Å². The molecule has 0 spiro atoms. The van der Waals surface area contributed by atoms with Gasteiger partial charge in [0, 0.05) is 6.04 Å². The van der Waals surface area contributed by atoms with Crippen molar-refractivity contribution in [3.8, 4) is 0 Å². The van der Waals surface area contributed by atoms with Crippen molar-refractivity contribution in [3.05, 3.63) is 24.3 Å². The second kappa shape index (κ2) is 8.59. The molecule has 2 aromatic rings. The average Bonchev–Trinajstić information content (AvgIpc) is 2.71. The normalized spacial score (nSPS) is 18.4. The van der Waals surface area contributed by atoms with Crippen LogP contribution in [0.1, 0.15) is 19.3 Å². The van der Waals surface area contributed by atoms with Crippen molar-refractivity contribution in [2.45, 2.75) is 25.3 Å². The summed E-state index contributed by atoms with van der Waals surface area (Å²) in [7, 11) is 2.04. The fourth-order valence-electron chi connectivity index (χ4n) is 2.88. The number of carbonyl (C=O) groups is 1. The molecule has 1 aliphatic rings. The number of rotatable bonds is 4. The Kier molecular flexibility index (Phi) is 6.77. The Labute approximate surface area is 146 Å². The van der Waals surface area contributed by atoms with Crippen LogP contribution < -0.4 is 10.6 Å². The summed E-state index contributed by atoms with van der Waals surface area (Å²) < 4.78 is 1.10. The summed E-state index contributed by atoms with van der Waals surface area (Å²) in [5, 5.41) is 7.02. The topological polar surface area (TPSA) is 57.3 Å². The standard InChI is InChI=1S/C16H22N4OS.ClH/c1-20(12-5-4-9-17-10-8-12)11-15(21)19-16-18-13-6-2-3-7-14(13)22-16;/h2-3,6-7,12,17H,4-5,8-11H2,1H3,(H,18,19,21);1H. The summed E-state index contributed by atoms with van der Waals surface area (Å²) in [6.45, 7) is 2.54. The fraction of sp³-hybridized carbons (Fsp3) is 0.500. The molecule has 2 heterocycles. The third-order valence-electron chi connectivity index (χ3n) is 4.10. The van der Waals surface area contributed by atoms with Gasteiger partial charge < -0.3 is 10.6 Å². The lowest BCUT2D eigenvalue weighted by Gasteiger charge is -2.25. The van der Waals surface area contributed by atoms with Crippen molar-refractivity contribution in [2.75, 3.05) is 32.0 Å². The second-order valence-electron chi connectivity index (χ2n) is 5.78. The predicted octanol–water partition coefficient (Wildman–Crippen LogP) is 2.73. The van der Waals surface area contributed by atoms with Crippen molar-refractivity contribution in [1.82, 2.24) is 15.2 Å². The number of hydrogen-bond acceptors (Lipinski definition) is 5. The van der Waals surface area contributed by atoms with E-state index in [2.05, 4.69) is 20.5 Å². The zero-order chi connectivity index (χ0) is 15.4. The van der Waals surface area contributed by atoms with Crippen LogP contribution in [0.5, 0.6) is 0 Å². The van der Waals surface area contributed by atoms with Crippen molar-refractivity contribution in [2.24, 2.45) is 0 Å². The van der Waals surface area contributed by atoms with Gasteiger partial charge in [-0.05, 0) is 51.5 Å². The number of aromatic nitrogens is 1. The van der Waals surface area contributed by atoms with Crippen LogP contribution in [0.2, 0.25) is 0 Å². The van der Waals surface area contributed by atoms with Gasteiger partial charge in [0.1, 0.15) is 0 Å². The second-order valence-corrected chi connectivity index (χ2v) is 6.82. The number of benzene rings is 1. The smallest absolute Gasteiger partial charge is 0.240 e. The quantitative estimate of drug-likeness (QED) is 0.886. The summed E-state index contributed by atoms with van der Waals surface area (Å²) >= 11 is 1.52. The summed E-state index contributed by atoms with van der Waals surface area (Å²) in [4.78, 5) is 18.8. The number of likely N-dealkylation sites (N-methyl/N-ethyl adjacent to an activating group) is 1. The van der Waals surface area contributed by atoms with E-state index in [0.717, 1.165) is 36.1 Å². The van der Waals surface area contributed by atoms with Gasteiger partial charge in [0.2, 0.25) is 5.91 Å². The molecule has 23 heavy (non-hydrogen) atoms. The molecule has 0 radical (unpaired) electrons. The molecule has 1 aromatic heterocycles. The molecule has 1 aromatic carbocycles. The molecule has 0 aliphatic carbocycles. The Morgan fingerprint density at radius 1 is 1.39 bits per heavy atom. The average molecular weight is 355 g/mol. The van der Waals surface area contributed by atoms with Gasteiger partial charge in [-0.25, -0.2) is 4.98 Å². The van der Waals surface area contributed by atoms with Gasteiger partial charge in [0.05, 0.1) is 16.8 Å². The minimum Gasteiger partial charge on any atom is -0.317 e. The molecule has 0 bridgehead atoms. The van der Waals surface area contributed by atoms with E-state index in [1.165, 1.54) is 17.8 Å². The predicted molar refractivity (Wildman–Crippen MR) is 98.6 cm³/mol. The highest BCUT2D eigenvalue weighted by atomic mass is 35.5. The van der Waals surface area contributed by atoms with Gasteiger partial charge in [0.15, 0.2) is 5.13 Å². The molecule has 1 fully saturated rings. The lowest BCUT2D eigenvalue weighted by Crippen LogP contribution is -2.38. The third-order valence-corrected chi connectivity index (χ3v) is 5.05. The minimum absolute atomic E-state index is 0. The van der Waals surface area contributed by atoms with E-state index in [9.17, 15) is 4.79 Å². The molecular formula is C16H23ClN4OS. The number of hydrogen-bond donors (Lipinski definition) is 2. The largest absolute Gasteiger partial charge is 0.317 e. The van der Waals surface area contributed by atoms with Crippen molar-refractivity contribution in [1.29, 1.82) is 0 Å². The molecule has 3 rings (SSSR count). The molecule has 7 heteroatoms. The first-order valence-corrected chi connectivity index (χ1v) is 8.60. The maximum absolute atomic E-state index is 12.2. The van der Waals surface area contributed by atoms with Gasteiger partial charge in [-0.15, -0.1) is 12.4 Å². The lowest BCUT2D eigenvalue weighted by atomic mass is 10.1. The molecule has 1 amide bonds. The molecule has 1 atom stereocenters. The highest BCUT2D eigenvalue weighted by Gasteiger charge is 2.19. The maximum atomic E-state index is 12.2. The van der Waals surface area contributed by atoms with Crippen LogP contribution >= 0.6 is 23.7 Å². The number of halogens is 1. The first-order chi connectivity index (χ1) is 10.7. The summed E-state index contributed by atoms with van der Waals surface area (Å²) in [6.07, 6.45) is 3.43. The van der Waals surface area contributed by atoms with Crippen LogP contribution in [-0.4, -0.2) is 48.5 Å². The van der Waals surface area contributed by atoms with E-state index in [0.29, 0.717) is 17.7 Å². The van der Waals surface area contributed by atoms with Crippen molar-refractivity contribution < 1.29 is 4.79 Å². The van der Waals surface area contributed by atoms with E-state index in [1.807, 2.05) is 31.3 Å². The number of nitrogens with zero attached hydrogens (tertiary/aromatic N) is 2. The highest BCUT2D eigenvalue weighted by molar-refractivity contribution is 7.22. The van der Waals surface area contributed by atoms with E-state index in [4.69, 9.17) is 0 Å². The number of amides is 1. The van der Waals surface area contributed by atoms with Gasteiger partial charge in [0.25, 0.3) is 0 Å². The number of carbonyl (C=O) groups excluding carboxylic acids is 1. The van der Waals surface area contributed by atoms with E-state index >= 15 is 0 Å². The van der Waals surface area contributed by atoms with Gasteiger partial charge >= 0.3 is 0 Å². The van der Waals surface area contributed by atoms with Crippen LogP contribution in [0.25, 0.3) is 10.2 Å². The monoisotopic (exact) mass is 354 g/mol. The Hall–Kier alpha value is -1.21. The first-order valence-electron chi connectivity index (χ1n) is 7.79. The van der Waals surface area contributed by atoms with Gasteiger partial charge in [-0.1, -0.05) is 23.5 Å². The molecule has 1 aliphatic heterocycles. The third kappa shape index (κ3) is 4.88. The molecule has 1 saturated heterocycles. The Bertz CT molecular complexity index is 607. The molecular weight excluding hydrogens is 332 g/mol. The van der Waals surface area contributed by atoms with Crippen molar-refractivity contribution >= 4 is 45.0 Å². The maximum Gasteiger partial charge on any atom is 0.240 e. The summed E-state index contributed by atoms with van der Waals surface area (Å²) in [5.41, 5.74) is 0.936. The van der Waals surface area contributed by atoms with Gasteiger partial charge in [-0.2, -0.15) is 0 Å².